The zero-order chi connectivity index (χ0) is 18.1. The van der Waals surface area contributed by atoms with Crippen LogP contribution in [-0.4, -0.2) is 21.7 Å². The zero-order valence-electron chi connectivity index (χ0n) is 13.6. The Balaban J connectivity index is 1.70. The molecule has 3 aromatic rings. The number of carbonyl (C=O) groups is 2. The number of rotatable bonds is 4. The van der Waals surface area contributed by atoms with Crippen LogP contribution in [-0.2, 0) is 11.3 Å². The normalized spacial score (nSPS) is 14.2. The Morgan fingerprint density at radius 3 is 2.77 bits per heavy atom. The summed E-state index contributed by atoms with van der Waals surface area (Å²) < 4.78 is 1.00. The molecule has 0 fully saturated rings. The summed E-state index contributed by atoms with van der Waals surface area (Å²) in [5.41, 5.74) is 2.38. The van der Waals surface area contributed by atoms with Crippen LogP contribution in [0.2, 0.25) is 0 Å². The molecule has 1 unspecified atom stereocenters. The number of nitrogens with one attached hydrogen (secondary N) is 1. The fraction of sp³-hybridized carbons (Fsp3) is 0.105. The van der Waals surface area contributed by atoms with Crippen molar-refractivity contribution in [3.8, 4) is 0 Å². The summed E-state index contributed by atoms with van der Waals surface area (Å²) in [5, 5.41) is 5.15. The third-order valence-corrected chi connectivity index (χ3v) is 5.60. The first-order chi connectivity index (χ1) is 12.6. The second-order valence-electron chi connectivity index (χ2n) is 5.87. The molecular formula is C19H14IN3O2S. The predicted molar refractivity (Wildman–Crippen MR) is 109 cm³/mol. The maximum Gasteiger partial charge on any atom is 0.255 e. The predicted octanol–water partition coefficient (Wildman–Crippen LogP) is 4.08. The van der Waals surface area contributed by atoms with Gasteiger partial charge in [-0.05, 0) is 45.9 Å². The average molecular weight is 475 g/mol. The van der Waals surface area contributed by atoms with E-state index in [9.17, 15) is 9.59 Å². The second kappa shape index (κ2) is 7.16. The van der Waals surface area contributed by atoms with Crippen molar-refractivity contribution >= 4 is 50.9 Å². The molecular weight excluding hydrogens is 461 g/mol. The summed E-state index contributed by atoms with van der Waals surface area (Å²) in [6, 6.07) is 14.5. The fourth-order valence-electron chi connectivity index (χ4n) is 3.07. The number of anilines is 1. The van der Waals surface area contributed by atoms with Gasteiger partial charge in [-0.15, -0.1) is 11.3 Å². The third kappa shape index (κ3) is 3.24. The maximum atomic E-state index is 13.0. The number of carbonyl (C=O) groups excluding carboxylic acids is 2. The molecule has 130 valence electrons. The van der Waals surface area contributed by atoms with Crippen LogP contribution in [0.4, 0.5) is 5.13 Å². The standard InChI is InChI=1S/C19H14IN3O2S/c20-14-7-6-13-11-23(18(25)15(13)10-14)16(12-4-2-1-3-5-12)17(24)22-19-21-8-9-26-19/h1-10,16H,11H2,(H,21,22,24). The summed E-state index contributed by atoms with van der Waals surface area (Å²) >= 11 is 3.54. The molecule has 0 saturated carbocycles. The number of thiazole rings is 1. The van der Waals surface area contributed by atoms with E-state index in [-0.39, 0.29) is 11.8 Å². The van der Waals surface area contributed by atoms with Gasteiger partial charge in [-0.3, -0.25) is 14.9 Å². The lowest BCUT2D eigenvalue weighted by Crippen LogP contribution is -2.37. The Kier molecular flexibility index (Phi) is 4.73. The molecule has 7 heteroatoms. The lowest BCUT2D eigenvalue weighted by Gasteiger charge is -2.27. The molecule has 2 aromatic carbocycles. The quantitative estimate of drug-likeness (QED) is 0.579. The van der Waals surface area contributed by atoms with E-state index in [1.54, 1.807) is 16.5 Å². The molecule has 2 amide bonds. The minimum atomic E-state index is -0.710. The van der Waals surface area contributed by atoms with Gasteiger partial charge in [0.25, 0.3) is 11.8 Å². The highest BCUT2D eigenvalue weighted by Crippen LogP contribution is 2.33. The summed E-state index contributed by atoms with van der Waals surface area (Å²) in [7, 11) is 0. The van der Waals surface area contributed by atoms with Crippen LogP contribution < -0.4 is 5.32 Å². The minimum absolute atomic E-state index is 0.123. The van der Waals surface area contributed by atoms with Crippen molar-refractivity contribution in [3.63, 3.8) is 0 Å². The molecule has 0 bridgehead atoms. The monoisotopic (exact) mass is 475 g/mol. The van der Waals surface area contributed by atoms with Gasteiger partial charge in [0.2, 0.25) is 0 Å². The van der Waals surface area contributed by atoms with Gasteiger partial charge in [0, 0.05) is 27.3 Å². The Morgan fingerprint density at radius 1 is 1.23 bits per heavy atom. The number of benzene rings is 2. The van der Waals surface area contributed by atoms with Crippen molar-refractivity contribution in [2.24, 2.45) is 0 Å². The molecule has 26 heavy (non-hydrogen) atoms. The van der Waals surface area contributed by atoms with Gasteiger partial charge in [-0.2, -0.15) is 0 Å². The maximum absolute atomic E-state index is 13.0. The Labute approximate surface area is 168 Å². The number of hydrogen-bond acceptors (Lipinski definition) is 4. The smallest absolute Gasteiger partial charge is 0.255 e. The first-order valence-electron chi connectivity index (χ1n) is 7.98. The van der Waals surface area contributed by atoms with Crippen LogP contribution in [0.15, 0.2) is 60.1 Å². The largest absolute Gasteiger partial charge is 0.318 e. The lowest BCUT2D eigenvalue weighted by molar-refractivity contribution is -0.120. The number of amides is 2. The van der Waals surface area contributed by atoms with Crippen LogP contribution >= 0.6 is 33.9 Å². The van der Waals surface area contributed by atoms with Crippen LogP contribution in [0, 0.1) is 3.57 Å². The van der Waals surface area contributed by atoms with Crippen LogP contribution in [0.25, 0.3) is 0 Å². The van der Waals surface area contributed by atoms with Gasteiger partial charge < -0.3 is 4.90 Å². The zero-order valence-corrected chi connectivity index (χ0v) is 16.5. The number of aromatic nitrogens is 1. The van der Waals surface area contributed by atoms with E-state index in [2.05, 4.69) is 32.9 Å². The van der Waals surface area contributed by atoms with Crippen LogP contribution in [0.3, 0.4) is 0 Å². The topological polar surface area (TPSA) is 62.3 Å². The van der Waals surface area contributed by atoms with E-state index >= 15 is 0 Å². The van der Waals surface area contributed by atoms with Gasteiger partial charge in [0.15, 0.2) is 5.13 Å². The van der Waals surface area contributed by atoms with Crippen molar-refractivity contribution in [2.45, 2.75) is 12.6 Å². The molecule has 1 aromatic heterocycles. The molecule has 0 saturated heterocycles. The van der Waals surface area contributed by atoms with E-state index in [0.29, 0.717) is 17.2 Å². The van der Waals surface area contributed by atoms with E-state index < -0.39 is 6.04 Å². The number of halogens is 1. The third-order valence-electron chi connectivity index (χ3n) is 4.24. The highest BCUT2D eigenvalue weighted by atomic mass is 127. The molecule has 1 atom stereocenters. The van der Waals surface area contributed by atoms with Gasteiger partial charge in [-0.1, -0.05) is 36.4 Å². The minimum Gasteiger partial charge on any atom is -0.318 e. The van der Waals surface area contributed by atoms with E-state index in [0.717, 1.165) is 14.7 Å². The fourth-order valence-corrected chi connectivity index (χ4v) is 4.09. The van der Waals surface area contributed by atoms with Crippen molar-refractivity contribution in [2.75, 3.05) is 5.32 Å². The summed E-state index contributed by atoms with van der Waals surface area (Å²) in [6.45, 7) is 0.413. The molecule has 0 aliphatic carbocycles. The summed E-state index contributed by atoms with van der Waals surface area (Å²) in [4.78, 5) is 31.8. The highest BCUT2D eigenvalue weighted by Gasteiger charge is 2.37. The van der Waals surface area contributed by atoms with Gasteiger partial charge in [-0.25, -0.2) is 4.98 Å². The highest BCUT2D eigenvalue weighted by molar-refractivity contribution is 14.1. The molecule has 5 nitrogen and oxygen atoms in total. The number of nitrogens with zero attached hydrogens (tertiary/aromatic N) is 2. The summed E-state index contributed by atoms with van der Waals surface area (Å²) in [5.74, 6) is -0.385. The lowest BCUT2D eigenvalue weighted by atomic mass is 10.0. The van der Waals surface area contributed by atoms with Gasteiger partial charge in [0.05, 0.1) is 0 Å². The number of fused-ring (bicyclic) bond motifs is 1. The first-order valence-corrected chi connectivity index (χ1v) is 9.94. The molecule has 4 rings (SSSR count). The average Bonchev–Trinajstić information content (AvgIpc) is 3.25. The SMILES string of the molecule is O=C(Nc1nccs1)C(c1ccccc1)N1Cc2ccc(I)cc2C1=O. The van der Waals surface area contributed by atoms with Crippen LogP contribution in [0.5, 0.6) is 0 Å². The van der Waals surface area contributed by atoms with E-state index in [1.165, 1.54) is 11.3 Å². The molecule has 1 aliphatic rings. The molecule has 0 spiro atoms. The second-order valence-corrected chi connectivity index (χ2v) is 8.01. The van der Waals surface area contributed by atoms with E-state index in [4.69, 9.17) is 0 Å². The van der Waals surface area contributed by atoms with Crippen molar-refractivity contribution in [1.29, 1.82) is 0 Å². The molecule has 1 aliphatic heterocycles. The van der Waals surface area contributed by atoms with Gasteiger partial charge >= 0.3 is 0 Å². The molecule has 1 N–H and O–H groups in total. The molecule has 2 heterocycles. The Bertz CT molecular complexity index is 960. The summed E-state index contributed by atoms with van der Waals surface area (Å²) in [6.07, 6.45) is 1.64. The Morgan fingerprint density at radius 2 is 2.04 bits per heavy atom. The Hall–Kier alpha value is -2.26. The van der Waals surface area contributed by atoms with Crippen LogP contribution in [0.1, 0.15) is 27.5 Å². The first kappa shape index (κ1) is 17.2. The van der Waals surface area contributed by atoms with E-state index in [1.807, 2.05) is 48.5 Å². The van der Waals surface area contributed by atoms with Crippen molar-refractivity contribution in [1.82, 2.24) is 9.88 Å². The van der Waals surface area contributed by atoms with Crippen molar-refractivity contribution in [3.05, 3.63) is 80.4 Å². The molecule has 0 radical (unpaired) electrons. The van der Waals surface area contributed by atoms with Gasteiger partial charge in [0.1, 0.15) is 6.04 Å². The van der Waals surface area contributed by atoms with Crippen molar-refractivity contribution < 1.29 is 9.59 Å². The number of hydrogen-bond donors (Lipinski definition) is 1.